The van der Waals surface area contributed by atoms with Gasteiger partial charge in [-0.25, -0.2) is 14.4 Å². The maximum Gasteiger partial charge on any atom is 0.344 e. The van der Waals surface area contributed by atoms with Crippen LogP contribution < -0.4 is 0 Å². The van der Waals surface area contributed by atoms with E-state index in [1.165, 1.54) is 0 Å². The van der Waals surface area contributed by atoms with Gasteiger partial charge in [0.05, 0.1) is 0 Å². The number of ether oxygens (including phenoxy) is 3. The van der Waals surface area contributed by atoms with E-state index in [0.29, 0.717) is 0 Å². The van der Waals surface area contributed by atoms with Crippen LogP contribution in [0.5, 0.6) is 0 Å². The molecule has 0 fully saturated rings. The van der Waals surface area contributed by atoms with Gasteiger partial charge in [0.25, 0.3) is 0 Å². The van der Waals surface area contributed by atoms with E-state index in [0.717, 1.165) is 0 Å². The van der Waals surface area contributed by atoms with Crippen molar-refractivity contribution in [3.63, 3.8) is 0 Å². The van der Waals surface area contributed by atoms with Gasteiger partial charge in [0.1, 0.15) is 26.4 Å². The fourth-order valence-corrected chi connectivity index (χ4v) is 0.583. The molecule has 0 spiro atoms. The lowest BCUT2D eigenvalue weighted by molar-refractivity contribution is -0.162. The Morgan fingerprint density at radius 1 is 0.750 bits per heavy atom. The second kappa shape index (κ2) is 8.62. The molecule has 0 atom stereocenters. The quantitative estimate of drug-likeness (QED) is 0.285. The molecule has 0 radical (unpaired) electrons. The summed E-state index contributed by atoms with van der Waals surface area (Å²) in [5, 5.41) is 16.5. The normalized spacial score (nSPS) is 9.38. The molecule has 92 valence electrons. The molecule has 2 N–H and O–H groups in total. The first-order valence-corrected chi connectivity index (χ1v) is 4.28. The highest BCUT2D eigenvalue weighted by Crippen LogP contribution is 1.85. The summed E-state index contributed by atoms with van der Waals surface area (Å²) in [6.07, 6.45) is 0. The maximum absolute atomic E-state index is 10.8. The fraction of sp³-hybridized carbons (Fsp3) is 0.625. The van der Waals surface area contributed by atoms with E-state index in [1.54, 1.807) is 0 Å². The number of carbonyl (C=O) groups is 3. The number of carbonyl (C=O) groups excluding carboxylic acids is 3. The molecule has 8 heteroatoms. The first-order valence-electron chi connectivity index (χ1n) is 4.28. The summed E-state index contributed by atoms with van der Waals surface area (Å²) in [6, 6.07) is 0. The van der Waals surface area contributed by atoms with Gasteiger partial charge >= 0.3 is 17.9 Å². The molecule has 8 nitrogen and oxygen atoms in total. The van der Waals surface area contributed by atoms with Crippen LogP contribution in [0, 0.1) is 0 Å². The zero-order valence-corrected chi connectivity index (χ0v) is 8.38. The second-order valence-electron chi connectivity index (χ2n) is 2.42. The Morgan fingerprint density at radius 3 is 1.69 bits per heavy atom. The van der Waals surface area contributed by atoms with Crippen LogP contribution in [0.15, 0.2) is 0 Å². The largest absolute Gasteiger partial charge is 0.460 e. The molecule has 0 aromatic carbocycles. The Hall–Kier alpha value is -1.67. The molecule has 0 amide bonds. The fourth-order valence-electron chi connectivity index (χ4n) is 0.583. The van der Waals surface area contributed by atoms with E-state index in [-0.39, 0.29) is 13.2 Å². The van der Waals surface area contributed by atoms with Crippen molar-refractivity contribution in [3.05, 3.63) is 0 Å². The Morgan fingerprint density at radius 2 is 1.19 bits per heavy atom. The minimum Gasteiger partial charge on any atom is -0.460 e. The van der Waals surface area contributed by atoms with Crippen LogP contribution in [0.25, 0.3) is 0 Å². The number of aliphatic hydroxyl groups is 2. The van der Waals surface area contributed by atoms with Gasteiger partial charge in [-0.1, -0.05) is 0 Å². The van der Waals surface area contributed by atoms with E-state index in [9.17, 15) is 14.4 Å². The summed E-state index contributed by atoms with van der Waals surface area (Å²) in [5.41, 5.74) is 0. The second-order valence-corrected chi connectivity index (χ2v) is 2.42. The van der Waals surface area contributed by atoms with Crippen molar-refractivity contribution in [1.29, 1.82) is 0 Å². The van der Waals surface area contributed by atoms with Crippen LogP contribution in [-0.4, -0.2) is 61.2 Å². The Labute approximate surface area is 90.7 Å². The Balaban J connectivity index is 3.44. The zero-order chi connectivity index (χ0) is 12.4. The number of esters is 3. The third kappa shape index (κ3) is 7.71. The van der Waals surface area contributed by atoms with Gasteiger partial charge in [-0.05, 0) is 0 Å². The van der Waals surface area contributed by atoms with Crippen LogP contribution in [0.1, 0.15) is 0 Å². The van der Waals surface area contributed by atoms with Crippen LogP contribution in [0.4, 0.5) is 0 Å². The molecule has 0 heterocycles. The molecule has 0 aliphatic carbocycles. The smallest absolute Gasteiger partial charge is 0.344 e. The average molecular weight is 236 g/mol. The first-order chi connectivity index (χ1) is 7.60. The van der Waals surface area contributed by atoms with Gasteiger partial charge < -0.3 is 24.4 Å². The molecule has 0 aliphatic rings. The molecular formula is C8H12O8. The summed E-state index contributed by atoms with van der Waals surface area (Å²) >= 11 is 0. The SMILES string of the molecule is O=C(CO)OCCOC(=O)COC(=O)CO. The minimum absolute atomic E-state index is 0.195. The Bertz CT molecular complexity index is 248. The third-order valence-corrected chi connectivity index (χ3v) is 1.22. The lowest BCUT2D eigenvalue weighted by atomic mass is 10.6. The van der Waals surface area contributed by atoms with Crippen molar-refractivity contribution in [3.8, 4) is 0 Å². The molecule has 16 heavy (non-hydrogen) atoms. The highest BCUT2D eigenvalue weighted by molar-refractivity contribution is 5.76. The van der Waals surface area contributed by atoms with E-state index < -0.39 is 37.7 Å². The first kappa shape index (κ1) is 14.3. The van der Waals surface area contributed by atoms with Crippen LogP contribution in [0.3, 0.4) is 0 Å². The van der Waals surface area contributed by atoms with Gasteiger partial charge in [0.15, 0.2) is 6.61 Å². The van der Waals surface area contributed by atoms with Crippen LogP contribution >= 0.6 is 0 Å². The van der Waals surface area contributed by atoms with E-state index in [4.69, 9.17) is 10.2 Å². The van der Waals surface area contributed by atoms with Crippen molar-refractivity contribution < 1.29 is 38.8 Å². The average Bonchev–Trinajstić information content (AvgIpc) is 2.31. The molecule has 0 aromatic heterocycles. The lowest BCUT2D eigenvalue weighted by Crippen LogP contribution is -2.21. The standard InChI is InChI=1S/C8H12O8/c9-3-6(11)14-1-2-15-8(13)5-16-7(12)4-10/h9-10H,1-5H2. The van der Waals surface area contributed by atoms with Crippen LogP contribution in [-0.2, 0) is 28.6 Å². The van der Waals surface area contributed by atoms with E-state index in [1.807, 2.05) is 0 Å². The number of rotatable bonds is 7. The number of aliphatic hydroxyl groups excluding tert-OH is 2. The van der Waals surface area contributed by atoms with Gasteiger partial charge in [0, 0.05) is 0 Å². The molecular weight excluding hydrogens is 224 g/mol. The molecule has 0 bridgehead atoms. The number of hydrogen-bond donors (Lipinski definition) is 2. The summed E-state index contributed by atoms with van der Waals surface area (Å²) in [5.74, 6) is -2.60. The Kier molecular flexibility index (Phi) is 7.72. The van der Waals surface area contributed by atoms with Gasteiger partial charge in [-0.2, -0.15) is 0 Å². The highest BCUT2D eigenvalue weighted by Gasteiger charge is 2.07. The number of hydrogen-bond acceptors (Lipinski definition) is 8. The van der Waals surface area contributed by atoms with Gasteiger partial charge in [-0.3, -0.25) is 0 Å². The van der Waals surface area contributed by atoms with Crippen molar-refractivity contribution >= 4 is 17.9 Å². The topological polar surface area (TPSA) is 119 Å². The maximum atomic E-state index is 10.8. The van der Waals surface area contributed by atoms with Crippen molar-refractivity contribution in [2.75, 3.05) is 33.0 Å². The third-order valence-electron chi connectivity index (χ3n) is 1.22. The van der Waals surface area contributed by atoms with Crippen molar-refractivity contribution in [1.82, 2.24) is 0 Å². The molecule has 0 saturated heterocycles. The predicted octanol–water partition coefficient (Wildman–Crippen LogP) is -2.40. The van der Waals surface area contributed by atoms with Gasteiger partial charge in [-0.15, -0.1) is 0 Å². The lowest BCUT2D eigenvalue weighted by Gasteiger charge is -2.05. The van der Waals surface area contributed by atoms with E-state index in [2.05, 4.69) is 14.2 Å². The van der Waals surface area contributed by atoms with Crippen molar-refractivity contribution in [2.45, 2.75) is 0 Å². The van der Waals surface area contributed by atoms with Crippen LogP contribution in [0.2, 0.25) is 0 Å². The van der Waals surface area contributed by atoms with Crippen molar-refractivity contribution in [2.24, 2.45) is 0 Å². The highest BCUT2D eigenvalue weighted by atomic mass is 16.6. The summed E-state index contributed by atoms with van der Waals surface area (Å²) in [6.45, 7) is -2.59. The molecule has 0 aromatic rings. The zero-order valence-electron chi connectivity index (χ0n) is 8.38. The summed E-state index contributed by atoms with van der Waals surface area (Å²) in [7, 11) is 0. The molecule has 0 unspecified atom stereocenters. The summed E-state index contributed by atoms with van der Waals surface area (Å²) < 4.78 is 13.1. The van der Waals surface area contributed by atoms with E-state index >= 15 is 0 Å². The molecule has 0 saturated carbocycles. The van der Waals surface area contributed by atoms with Gasteiger partial charge in [0.2, 0.25) is 0 Å². The molecule has 0 aliphatic heterocycles. The monoisotopic (exact) mass is 236 g/mol. The molecule has 0 rings (SSSR count). The minimum atomic E-state index is -0.941. The predicted molar refractivity (Wildman–Crippen MR) is 47.0 cm³/mol. The summed E-state index contributed by atoms with van der Waals surface area (Å²) in [4.78, 5) is 31.6.